The molecule has 2 heteroatoms. The summed E-state index contributed by atoms with van der Waals surface area (Å²) in [5, 5.41) is 0. The Morgan fingerprint density at radius 2 is 1.83 bits per heavy atom. The van der Waals surface area contributed by atoms with Gasteiger partial charge in [0.15, 0.2) is 0 Å². The molecular weight excluding hydrogens is 150 g/mol. The maximum atomic E-state index is 5.82. The van der Waals surface area contributed by atoms with Gasteiger partial charge >= 0.3 is 0 Å². The first kappa shape index (κ1) is 11.9. The van der Waals surface area contributed by atoms with Crippen molar-refractivity contribution >= 4 is 0 Å². The maximum absolute atomic E-state index is 5.82. The van der Waals surface area contributed by atoms with Crippen LogP contribution in [-0.4, -0.2) is 17.7 Å². The maximum Gasteiger partial charge on any atom is 0.0627 e. The predicted octanol–water partition coefficient (Wildman–Crippen LogP) is 2.32. The molecule has 0 radical (unpaired) electrons. The van der Waals surface area contributed by atoms with Gasteiger partial charge in [-0.25, -0.2) is 0 Å². The highest BCUT2D eigenvalue weighted by atomic mass is 16.5. The van der Waals surface area contributed by atoms with E-state index in [0.29, 0.717) is 0 Å². The van der Waals surface area contributed by atoms with Crippen LogP contribution in [0.4, 0.5) is 0 Å². The third kappa shape index (κ3) is 5.56. The molecule has 2 atom stereocenters. The Balaban J connectivity index is 3.75. The molecule has 2 N–H and O–H groups in total. The Kier molecular flexibility index (Phi) is 4.80. The van der Waals surface area contributed by atoms with Crippen molar-refractivity contribution in [2.75, 3.05) is 0 Å². The highest BCUT2D eigenvalue weighted by Crippen LogP contribution is 2.17. The van der Waals surface area contributed by atoms with Crippen molar-refractivity contribution in [2.24, 2.45) is 5.73 Å². The summed E-state index contributed by atoms with van der Waals surface area (Å²) in [6.45, 7) is 10.5. The molecule has 0 rings (SSSR count). The van der Waals surface area contributed by atoms with Gasteiger partial charge in [-0.2, -0.15) is 0 Å². The van der Waals surface area contributed by atoms with E-state index in [1.165, 1.54) is 0 Å². The summed E-state index contributed by atoms with van der Waals surface area (Å²) in [5.74, 6) is 0. The Morgan fingerprint density at radius 3 is 2.17 bits per heavy atom. The van der Waals surface area contributed by atoms with Gasteiger partial charge in [0.1, 0.15) is 0 Å². The molecule has 0 bridgehead atoms. The van der Waals surface area contributed by atoms with Crippen LogP contribution in [0, 0.1) is 0 Å². The molecule has 0 spiro atoms. The summed E-state index contributed by atoms with van der Waals surface area (Å²) in [7, 11) is 0. The van der Waals surface area contributed by atoms with Gasteiger partial charge in [-0.05, 0) is 40.5 Å². The Morgan fingerprint density at radius 1 is 1.33 bits per heavy atom. The quantitative estimate of drug-likeness (QED) is 0.692. The second-order valence-corrected chi connectivity index (χ2v) is 4.25. The summed E-state index contributed by atoms with van der Waals surface area (Å²) in [4.78, 5) is 0. The molecule has 2 unspecified atom stereocenters. The van der Waals surface area contributed by atoms with Crippen LogP contribution in [0.25, 0.3) is 0 Å². The molecule has 0 saturated heterocycles. The third-order valence-electron chi connectivity index (χ3n) is 2.08. The average molecular weight is 173 g/mol. The molecule has 0 aromatic heterocycles. The smallest absolute Gasteiger partial charge is 0.0627 e. The Labute approximate surface area is 76.5 Å². The normalized spacial score (nSPS) is 17.5. The number of rotatable bonds is 5. The lowest BCUT2D eigenvalue weighted by molar-refractivity contribution is -0.0696. The lowest BCUT2D eigenvalue weighted by atomic mass is 10.1. The molecular formula is C10H23NO. The third-order valence-corrected chi connectivity index (χ3v) is 2.08. The van der Waals surface area contributed by atoms with Crippen LogP contribution in [0.3, 0.4) is 0 Å². The number of nitrogens with two attached hydrogens (primary N) is 1. The summed E-state index contributed by atoms with van der Waals surface area (Å²) in [6.07, 6.45) is 2.24. The first-order valence-electron chi connectivity index (χ1n) is 4.81. The number of hydrogen-bond acceptors (Lipinski definition) is 2. The van der Waals surface area contributed by atoms with Crippen LogP contribution >= 0.6 is 0 Å². The fourth-order valence-corrected chi connectivity index (χ4v) is 1.20. The minimum atomic E-state index is -0.00565. The molecule has 0 aliphatic rings. The van der Waals surface area contributed by atoms with Crippen molar-refractivity contribution in [3.63, 3.8) is 0 Å². The van der Waals surface area contributed by atoms with Crippen LogP contribution in [0.2, 0.25) is 0 Å². The summed E-state index contributed by atoms with van der Waals surface area (Å²) in [5.41, 5.74) is 5.67. The van der Waals surface area contributed by atoms with Gasteiger partial charge in [0.05, 0.1) is 11.7 Å². The van der Waals surface area contributed by atoms with E-state index in [9.17, 15) is 0 Å². The predicted molar refractivity (Wildman–Crippen MR) is 53.2 cm³/mol. The number of hydrogen-bond donors (Lipinski definition) is 1. The van der Waals surface area contributed by atoms with E-state index < -0.39 is 0 Å². The zero-order valence-corrected chi connectivity index (χ0v) is 9.05. The lowest BCUT2D eigenvalue weighted by Crippen LogP contribution is -2.31. The van der Waals surface area contributed by atoms with Gasteiger partial charge in [-0.15, -0.1) is 0 Å². The summed E-state index contributed by atoms with van der Waals surface area (Å²) in [6, 6.07) is 0.229. The van der Waals surface area contributed by atoms with Crippen molar-refractivity contribution in [3.8, 4) is 0 Å². The molecule has 2 nitrogen and oxygen atoms in total. The minimum absolute atomic E-state index is 0.00565. The Hall–Kier alpha value is -0.0800. The van der Waals surface area contributed by atoms with E-state index in [-0.39, 0.29) is 17.7 Å². The fraction of sp³-hybridized carbons (Fsp3) is 1.00. The molecule has 74 valence electrons. The number of ether oxygens (including phenoxy) is 1. The first-order valence-corrected chi connectivity index (χ1v) is 4.81. The zero-order valence-electron chi connectivity index (χ0n) is 9.05. The van der Waals surface area contributed by atoms with Gasteiger partial charge in [0, 0.05) is 6.04 Å². The highest BCUT2D eigenvalue weighted by molar-refractivity contribution is 4.69. The monoisotopic (exact) mass is 173 g/mol. The lowest BCUT2D eigenvalue weighted by Gasteiger charge is -2.28. The van der Waals surface area contributed by atoms with Crippen LogP contribution in [0.5, 0.6) is 0 Å². The van der Waals surface area contributed by atoms with Crippen LogP contribution in [-0.2, 0) is 4.74 Å². The van der Waals surface area contributed by atoms with Crippen molar-refractivity contribution in [1.29, 1.82) is 0 Å². The summed E-state index contributed by atoms with van der Waals surface area (Å²) >= 11 is 0. The molecule has 0 fully saturated rings. The topological polar surface area (TPSA) is 35.2 Å². The van der Waals surface area contributed by atoms with Gasteiger partial charge < -0.3 is 10.5 Å². The van der Waals surface area contributed by atoms with E-state index in [1.807, 2.05) is 6.92 Å². The van der Waals surface area contributed by atoms with Crippen molar-refractivity contribution < 1.29 is 4.74 Å². The molecule has 0 heterocycles. The highest BCUT2D eigenvalue weighted by Gasteiger charge is 2.19. The first-order chi connectivity index (χ1) is 5.37. The average Bonchev–Trinajstić information content (AvgIpc) is 1.84. The molecule has 0 saturated carbocycles. The minimum Gasteiger partial charge on any atom is -0.373 e. The molecule has 0 aliphatic heterocycles. The van der Waals surface area contributed by atoms with Gasteiger partial charge in [-0.1, -0.05) is 6.92 Å². The van der Waals surface area contributed by atoms with E-state index in [1.54, 1.807) is 0 Å². The van der Waals surface area contributed by atoms with Crippen molar-refractivity contribution in [3.05, 3.63) is 0 Å². The van der Waals surface area contributed by atoms with Gasteiger partial charge in [0.25, 0.3) is 0 Å². The van der Waals surface area contributed by atoms with E-state index in [4.69, 9.17) is 10.5 Å². The van der Waals surface area contributed by atoms with Gasteiger partial charge in [-0.3, -0.25) is 0 Å². The van der Waals surface area contributed by atoms with E-state index in [2.05, 4.69) is 27.7 Å². The van der Waals surface area contributed by atoms with Crippen LogP contribution in [0.15, 0.2) is 0 Å². The SMILES string of the molecule is CCC(C)(C)OC(C)CC(C)N. The molecule has 0 amide bonds. The molecule has 0 aliphatic carbocycles. The molecule has 0 aromatic rings. The van der Waals surface area contributed by atoms with Gasteiger partial charge in [0.2, 0.25) is 0 Å². The van der Waals surface area contributed by atoms with Crippen molar-refractivity contribution in [2.45, 2.75) is 65.2 Å². The largest absolute Gasteiger partial charge is 0.373 e. The second-order valence-electron chi connectivity index (χ2n) is 4.25. The van der Waals surface area contributed by atoms with E-state index in [0.717, 1.165) is 12.8 Å². The Bertz CT molecular complexity index is 121. The van der Waals surface area contributed by atoms with Crippen LogP contribution in [0.1, 0.15) is 47.5 Å². The van der Waals surface area contributed by atoms with Crippen LogP contribution < -0.4 is 5.73 Å². The standard InChI is InChI=1S/C10H23NO/c1-6-10(4,5)12-9(3)7-8(2)11/h8-9H,6-7,11H2,1-5H3. The molecule has 0 aromatic carbocycles. The van der Waals surface area contributed by atoms with E-state index >= 15 is 0 Å². The summed E-state index contributed by atoms with van der Waals surface area (Å²) < 4.78 is 5.82. The second kappa shape index (κ2) is 4.83. The fourth-order valence-electron chi connectivity index (χ4n) is 1.20. The molecule has 12 heavy (non-hydrogen) atoms. The van der Waals surface area contributed by atoms with Crippen molar-refractivity contribution in [1.82, 2.24) is 0 Å². The zero-order chi connectivity index (χ0) is 9.78.